The van der Waals surface area contributed by atoms with Crippen molar-refractivity contribution in [2.24, 2.45) is 5.92 Å². The zero-order valence-corrected chi connectivity index (χ0v) is 18.3. The van der Waals surface area contributed by atoms with Gasteiger partial charge in [0.05, 0.1) is 12.5 Å². The van der Waals surface area contributed by atoms with Gasteiger partial charge in [0, 0.05) is 5.57 Å². The van der Waals surface area contributed by atoms with Crippen LogP contribution in [0, 0.1) is 5.92 Å². The van der Waals surface area contributed by atoms with Gasteiger partial charge in [-0.05, 0) is 25.7 Å². The lowest BCUT2D eigenvalue weighted by molar-refractivity contribution is -0.179. The fraction of sp³-hybridized carbons (Fsp3) is 0.818. The number of cyclic esters (lactones) is 1. The molecule has 0 bridgehead atoms. The molecule has 172 valence electrons. The highest BCUT2D eigenvalue weighted by Crippen LogP contribution is 2.35. The molecule has 0 aromatic heterocycles. The maximum absolute atomic E-state index is 12.7. The van der Waals surface area contributed by atoms with Gasteiger partial charge in [0.1, 0.15) is 30.5 Å². The number of allylic oxidation sites excluding steroid dienone is 1. The van der Waals surface area contributed by atoms with Crippen molar-refractivity contribution in [3.63, 3.8) is 0 Å². The van der Waals surface area contributed by atoms with Crippen LogP contribution in [0.4, 0.5) is 0 Å². The first kappa shape index (κ1) is 24.8. The highest BCUT2D eigenvalue weighted by molar-refractivity contribution is 5.88. The van der Waals surface area contributed by atoms with Crippen LogP contribution >= 0.6 is 0 Å². The molecule has 0 radical (unpaired) electrons. The summed E-state index contributed by atoms with van der Waals surface area (Å²) in [7, 11) is 0. The number of aliphatic hydroxyl groups is 3. The van der Waals surface area contributed by atoms with Crippen molar-refractivity contribution in [2.45, 2.75) is 109 Å². The van der Waals surface area contributed by atoms with E-state index < -0.39 is 61.1 Å². The van der Waals surface area contributed by atoms with E-state index >= 15 is 0 Å². The quantitative estimate of drug-likeness (QED) is 0.231. The highest BCUT2D eigenvalue weighted by Gasteiger charge is 2.56. The summed E-state index contributed by atoms with van der Waals surface area (Å²) in [5, 5.41) is 31.1. The van der Waals surface area contributed by atoms with Gasteiger partial charge in [0.2, 0.25) is 0 Å². The minimum absolute atomic E-state index is 0.192. The van der Waals surface area contributed by atoms with E-state index in [2.05, 4.69) is 0 Å². The second kappa shape index (κ2) is 11.2. The van der Waals surface area contributed by atoms with E-state index in [1.54, 1.807) is 6.92 Å². The van der Waals surface area contributed by atoms with E-state index in [0.717, 1.165) is 25.7 Å². The molecule has 0 amide bonds. The van der Waals surface area contributed by atoms with Crippen LogP contribution < -0.4 is 0 Å². The van der Waals surface area contributed by atoms with Crippen LogP contribution in [0.25, 0.3) is 0 Å². The molecule has 3 N–H and O–H groups in total. The van der Waals surface area contributed by atoms with Crippen LogP contribution in [0.2, 0.25) is 0 Å². The molecule has 1 unspecified atom stereocenters. The Balaban J connectivity index is 2.25. The molecular formula is C22H36O8. The summed E-state index contributed by atoms with van der Waals surface area (Å²) in [5.74, 6) is -1.12. The van der Waals surface area contributed by atoms with Gasteiger partial charge in [-0.2, -0.15) is 0 Å². The second-order valence-corrected chi connectivity index (χ2v) is 8.45. The Morgan fingerprint density at radius 2 is 1.87 bits per heavy atom. The van der Waals surface area contributed by atoms with E-state index in [9.17, 15) is 24.9 Å². The maximum Gasteiger partial charge on any atom is 0.333 e. The van der Waals surface area contributed by atoms with Crippen LogP contribution in [0.3, 0.4) is 0 Å². The fourth-order valence-corrected chi connectivity index (χ4v) is 3.68. The molecule has 30 heavy (non-hydrogen) atoms. The minimum atomic E-state index is -1.35. The Morgan fingerprint density at radius 1 is 1.20 bits per heavy atom. The summed E-state index contributed by atoms with van der Waals surface area (Å²) >= 11 is 0. The Kier molecular flexibility index (Phi) is 9.28. The Bertz CT molecular complexity index is 618. The molecule has 2 aliphatic heterocycles. The summed E-state index contributed by atoms with van der Waals surface area (Å²) in [4.78, 5) is 25.0. The second-order valence-electron chi connectivity index (χ2n) is 8.45. The van der Waals surface area contributed by atoms with Gasteiger partial charge in [-0.1, -0.05) is 46.1 Å². The van der Waals surface area contributed by atoms with Crippen molar-refractivity contribution in [1.82, 2.24) is 0 Å². The molecule has 2 aliphatic rings. The summed E-state index contributed by atoms with van der Waals surface area (Å²) in [6.45, 7) is 7.68. The third-order valence-corrected chi connectivity index (χ3v) is 5.83. The number of carbonyl (C=O) groups is 2. The summed E-state index contributed by atoms with van der Waals surface area (Å²) in [6.07, 6.45) is -2.38. The Labute approximate surface area is 178 Å². The van der Waals surface area contributed by atoms with Crippen molar-refractivity contribution in [3.8, 4) is 0 Å². The average molecular weight is 429 g/mol. The number of aliphatic hydroxyl groups excluding tert-OH is 3. The molecule has 0 spiro atoms. The van der Waals surface area contributed by atoms with Crippen molar-refractivity contribution in [3.05, 3.63) is 11.6 Å². The SMILES string of the molecule is CCCCC[C@H]1OC(=O)C[C@@H](O)[C@H](O)[C@H]2O[C@@H]2[C@H](O)[C@@H]1OC(=O)/C(C)=C/C(C)CC. The van der Waals surface area contributed by atoms with Crippen molar-refractivity contribution in [2.75, 3.05) is 0 Å². The van der Waals surface area contributed by atoms with E-state index in [4.69, 9.17) is 14.2 Å². The van der Waals surface area contributed by atoms with Crippen LogP contribution in [0.1, 0.15) is 66.2 Å². The number of esters is 2. The molecule has 2 saturated heterocycles. The topological polar surface area (TPSA) is 126 Å². The number of unbranched alkanes of at least 4 members (excludes halogenated alkanes) is 2. The van der Waals surface area contributed by atoms with E-state index in [1.165, 1.54) is 0 Å². The van der Waals surface area contributed by atoms with Gasteiger partial charge in [0.15, 0.2) is 6.10 Å². The molecule has 8 nitrogen and oxygen atoms in total. The van der Waals surface area contributed by atoms with Gasteiger partial charge in [-0.15, -0.1) is 0 Å². The molecule has 0 aromatic carbocycles. The lowest BCUT2D eigenvalue weighted by Crippen LogP contribution is -2.49. The number of epoxide rings is 1. The van der Waals surface area contributed by atoms with Gasteiger partial charge >= 0.3 is 11.9 Å². The molecule has 0 aliphatic carbocycles. The number of carbonyl (C=O) groups excluding carboxylic acids is 2. The van der Waals surface area contributed by atoms with Crippen molar-refractivity contribution >= 4 is 11.9 Å². The maximum atomic E-state index is 12.7. The zero-order valence-electron chi connectivity index (χ0n) is 18.3. The van der Waals surface area contributed by atoms with Crippen LogP contribution in [0.15, 0.2) is 11.6 Å². The number of rotatable bonds is 8. The predicted molar refractivity (Wildman–Crippen MR) is 108 cm³/mol. The van der Waals surface area contributed by atoms with Gasteiger partial charge in [-0.25, -0.2) is 4.79 Å². The number of fused-ring (bicyclic) bond motifs is 1. The first-order valence-electron chi connectivity index (χ1n) is 11.0. The van der Waals surface area contributed by atoms with Gasteiger partial charge in [-0.3, -0.25) is 4.79 Å². The molecule has 8 atom stereocenters. The highest BCUT2D eigenvalue weighted by atomic mass is 16.6. The van der Waals surface area contributed by atoms with Crippen molar-refractivity contribution < 1.29 is 39.1 Å². The third kappa shape index (κ3) is 6.51. The summed E-state index contributed by atoms with van der Waals surface area (Å²) in [6, 6.07) is 0. The third-order valence-electron chi connectivity index (χ3n) is 5.83. The monoisotopic (exact) mass is 428 g/mol. The fourth-order valence-electron chi connectivity index (χ4n) is 3.68. The first-order valence-corrected chi connectivity index (χ1v) is 11.0. The average Bonchev–Trinajstić information content (AvgIpc) is 3.50. The van der Waals surface area contributed by atoms with E-state index in [0.29, 0.717) is 12.0 Å². The lowest BCUT2D eigenvalue weighted by atomic mass is 9.94. The van der Waals surface area contributed by atoms with E-state index in [-0.39, 0.29) is 5.92 Å². The van der Waals surface area contributed by atoms with Crippen molar-refractivity contribution in [1.29, 1.82) is 0 Å². The number of hydrogen-bond acceptors (Lipinski definition) is 8. The van der Waals surface area contributed by atoms with Gasteiger partial charge < -0.3 is 29.5 Å². The largest absolute Gasteiger partial charge is 0.458 e. The molecule has 8 heteroatoms. The molecule has 0 saturated carbocycles. The zero-order chi connectivity index (χ0) is 22.4. The molecular weight excluding hydrogens is 392 g/mol. The summed E-state index contributed by atoms with van der Waals surface area (Å²) < 4.78 is 16.5. The smallest absolute Gasteiger partial charge is 0.333 e. The first-order chi connectivity index (χ1) is 14.2. The molecule has 2 fully saturated rings. The van der Waals surface area contributed by atoms with Crippen LogP contribution in [-0.4, -0.2) is 70.0 Å². The van der Waals surface area contributed by atoms with Crippen LogP contribution in [-0.2, 0) is 23.8 Å². The number of hydrogen-bond donors (Lipinski definition) is 3. The normalized spacial score (nSPS) is 35.8. The van der Waals surface area contributed by atoms with Gasteiger partial charge in [0.25, 0.3) is 0 Å². The Hall–Kier alpha value is -1.48. The standard InChI is InChI=1S/C22H36O8/c1-5-7-8-9-15-19(30-22(27)13(4)10-12(3)6-2)18(26)21-20(29-21)17(25)14(23)11-16(24)28-15/h10,12,14-15,17-21,23,25-26H,5-9,11H2,1-4H3/b13-10+/t12?,14-,15-,17+,18-,19-,20-,21-/m1/s1. The molecule has 2 rings (SSSR count). The van der Waals surface area contributed by atoms with Crippen LogP contribution in [0.5, 0.6) is 0 Å². The Morgan fingerprint density at radius 3 is 2.50 bits per heavy atom. The molecule has 2 heterocycles. The molecule has 0 aromatic rings. The van der Waals surface area contributed by atoms with E-state index in [1.807, 2.05) is 26.8 Å². The number of ether oxygens (including phenoxy) is 3. The minimum Gasteiger partial charge on any atom is -0.458 e. The lowest BCUT2D eigenvalue weighted by Gasteiger charge is -2.31. The predicted octanol–water partition coefficient (Wildman–Crippen LogP) is 1.64. The summed E-state index contributed by atoms with van der Waals surface area (Å²) in [5.41, 5.74) is 0.413.